The Labute approximate surface area is 195 Å². The summed E-state index contributed by atoms with van der Waals surface area (Å²) in [7, 11) is 0. The van der Waals surface area contributed by atoms with Crippen molar-refractivity contribution < 1.29 is 9.53 Å². The van der Waals surface area contributed by atoms with Gasteiger partial charge in [-0.15, -0.1) is 11.3 Å². The van der Waals surface area contributed by atoms with Crippen molar-refractivity contribution in [1.29, 1.82) is 0 Å². The van der Waals surface area contributed by atoms with Gasteiger partial charge in [-0.3, -0.25) is 9.69 Å². The van der Waals surface area contributed by atoms with E-state index in [0.717, 1.165) is 60.0 Å². The molecule has 0 unspecified atom stereocenters. The maximum atomic E-state index is 13.0. The molecule has 168 valence electrons. The molecule has 0 spiro atoms. The number of carbonyl (C=O) groups is 1. The summed E-state index contributed by atoms with van der Waals surface area (Å²) in [6, 6.07) is 14.8. The maximum Gasteiger partial charge on any atom is 0.264 e. The van der Waals surface area contributed by atoms with E-state index in [4.69, 9.17) is 4.74 Å². The van der Waals surface area contributed by atoms with Crippen LogP contribution in [0.25, 0.3) is 0 Å². The fraction of sp³-hybridized carbons (Fsp3) is 0.370. The van der Waals surface area contributed by atoms with Crippen molar-refractivity contribution in [2.45, 2.75) is 40.8 Å². The Bertz CT molecular complexity index is 1070. The first kappa shape index (κ1) is 22.6. The largest absolute Gasteiger partial charge is 0.488 e. The molecule has 3 aromatic rings. The molecule has 1 aliphatic heterocycles. The predicted molar refractivity (Wildman–Crippen MR) is 132 cm³/mol. The average Bonchev–Trinajstić information content (AvgIpc) is 3.24. The Hall–Kier alpha value is -2.63. The summed E-state index contributed by atoms with van der Waals surface area (Å²) >= 11 is 1.52. The van der Waals surface area contributed by atoms with Crippen molar-refractivity contribution in [3.05, 3.63) is 86.1 Å². The first-order chi connectivity index (χ1) is 15.4. The molecule has 5 heteroatoms. The van der Waals surface area contributed by atoms with E-state index in [2.05, 4.69) is 69.0 Å². The summed E-state index contributed by atoms with van der Waals surface area (Å²) in [6.07, 6.45) is 0. The lowest BCUT2D eigenvalue weighted by atomic mass is 10.1. The fourth-order valence-electron chi connectivity index (χ4n) is 4.41. The van der Waals surface area contributed by atoms with Gasteiger partial charge in [0.2, 0.25) is 0 Å². The second-order valence-corrected chi connectivity index (χ2v) is 9.74. The third kappa shape index (κ3) is 5.22. The van der Waals surface area contributed by atoms with Crippen LogP contribution in [-0.2, 0) is 13.2 Å². The van der Waals surface area contributed by atoms with E-state index in [1.807, 2.05) is 16.3 Å². The van der Waals surface area contributed by atoms with Gasteiger partial charge in [0, 0.05) is 38.3 Å². The van der Waals surface area contributed by atoms with E-state index in [1.165, 1.54) is 28.0 Å². The number of rotatable bonds is 6. The molecule has 0 aliphatic carbocycles. The lowest BCUT2D eigenvalue weighted by molar-refractivity contribution is 0.0633. The standard InChI is InChI=1S/C27H32N2O2S/c1-19-13-21(3)26(22(4)14-19)31-17-23-15-25(32-18-23)27(30)29-11-9-28(10-12-29)16-24-8-6-5-7-20(24)2/h5-8,13-15,18H,9-12,16-17H2,1-4H3. The summed E-state index contributed by atoms with van der Waals surface area (Å²) in [4.78, 5) is 18.3. The third-order valence-corrected chi connectivity index (χ3v) is 7.13. The van der Waals surface area contributed by atoms with Crippen LogP contribution in [0.1, 0.15) is 43.1 Å². The Morgan fingerprint density at radius 1 is 0.938 bits per heavy atom. The van der Waals surface area contributed by atoms with Crippen molar-refractivity contribution in [2.75, 3.05) is 26.2 Å². The van der Waals surface area contributed by atoms with Crippen molar-refractivity contribution in [3.8, 4) is 5.75 Å². The summed E-state index contributed by atoms with van der Waals surface area (Å²) in [5.74, 6) is 1.08. The van der Waals surface area contributed by atoms with Gasteiger partial charge in [-0.2, -0.15) is 0 Å². The highest BCUT2D eigenvalue weighted by Crippen LogP contribution is 2.26. The number of thiophene rings is 1. The summed E-state index contributed by atoms with van der Waals surface area (Å²) in [5.41, 5.74) is 7.30. The van der Waals surface area contributed by atoms with Crippen LogP contribution < -0.4 is 4.74 Å². The molecular weight excluding hydrogens is 416 g/mol. The number of nitrogens with zero attached hydrogens (tertiary/aromatic N) is 2. The van der Waals surface area contributed by atoms with Gasteiger partial charge in [0.1, 0.15) is 12.4 Å². The average molecular weight is 449 g/mol. The SMILES string of the molecule is Cc1cc(C)c(OCc2csc(C(=O)N3CCN(Cc4ccccc4C)CC3)c2)c(C)c1. The molecule has 0 atom stereocenters. The van der Waals surface area contributed by atoms with Crippen LogP contribution in [0.4, 0.5) is 0 Å². The molecule has 4 rings (SSSR count). The minimum Gasteiger partial charge on any atom is -0.488 e. The molecule has 0 bridgehead atoms. The highest BCUT2D eigenvalue weighted by molar-refractivity contribution is 7.12. The summed E-state index contributed by atoms with van der Waals surface area (Å²) in [5, 5.41) is 2.04. The molecule has 1 aromatic heterocycles. The van der Waals surface area contributed by atoms with E-state index in [-0.39, 0.29) is 5.91 Å². The third-order valence-electron chi connectivity index (χ3n) is 6.17. The van der Waals surface area contributed by atoms with Gasteiger partial charge in [-0.25, -0.2) is 0 Å². The minimum atomic E-state index is 0.138. The minimum absolute atomic E-state index is 0.138. The molecule has 0 radical (unpaired) electrons. The van der Waals surface area contributed by atoms with Crippen molar-refractivity contribution >= 4 is 17.2 Å². The van der Waals surface area contributed by atoms with Gasteiger partial charge in [0.15, 0.2) is 0 Å². The van der Waals surface area contributed by atoms with Gasteiger partial charge in [-0.05, 0) is 61.4 Å². The van der Waals surface area contributed by atoms with Crippen molar-refractivity contribution in [3.63, 3.8) is 0 Å². The predicted octanol–water partition coefficient (Wildman–Crippen LogP) is 5.52. The second-order valence-electron chi connectivity index (χ2n) is 8.83. The molecule has 1 aliphatic rings. The Morgan fingerprint density at radius 2 is 1.62 bits per heavy atom. The number of hydrogen-bond acceptors (Lipinski definition) is 4. The number of amides is 1. The molecular formula is C27H32N2O2S. The van der Waals surface area contributed by atoms with Gasteiger partial charge in [0.05, 0.1) is 4.88 Å². The second kappa shape index (κ2) is 9.88. The quantitative estimate of drug-likeness (QED) is 0.498. The van der Waals surface area contributed by atoms with E-state index in [1.54, 1.807) is 0 Å². The first-order valence-corrected chi connectivity index (χ1v) is 12.1. The van der Waals surface area contributed by atoms with Crippen LogP contribution in [0, 0.1) is 27.7 Å². The molecule has 1 saturated heterocycles. The molecule has 0 N–H and O–H groups in total. The number of piperazine rings is 1. The maximum absolute atomic E-state index is 13.0. The Balaban J connectivity index is 1.31. The number of hydrogen-bond donors (Lipinski definition) is 0. The normalized spacial score (nSPS) is 14.6. The zero-order chi connectivity index (χ0) is 22.7. The van der Waals surface area contributed by atoms with E-state index < -0.39 is 0 Å². The zero-order valence-corrected chi connectivity index (χ0v) is 20.3. The monoisotopic (exact) mass is 448 g/mol. The van der Waals surface area contributed by atoms with Crippen LogP contribution in [0.15, 0.2) is 47.8 Å². The molecule has 2 aromatic carbocycles. The number of aryl methyl sites for hydroxylation is 4. The first-order valence-electron chi connectivity index (χ1n) is 11.2. The van der Waals surface area contributed by atoms with Crippen LogP contribution in [0.2, 0.25) is 0 Å². The topological polar surface area (TPSA) is 32.8 Å². The zero-order valence-electron chi connectivity index (χ0n) is 19.5. The van der Waals surface area contributed by atoms with Gasteiger partial charge < -0.3 is 9.64 Å². The molecule has 1 amide bonds. The summed E-state index contributed by atoms with van der Waals surface area (Å²) in [6.45, 7) is 13.2. The summed E-state index contributed by atoms with van der Waals surface area (Å²) < 4.78 is 6.10. The smallest absolute Gasteiger partial charge is 0.264 e. The highest BCUT2D eigenvalue weighted by Gasteiger charge is 2.23. The molecule has 1 fully saturated rings. The Kier molecular flexibility index (Phi) is 6.97. The molecule has 2 heterocycles. The van der Waals surface area contributed by atoms with Gasteiger partial charge in [0.25, 0.3) is 5.91 Å². The lowest BCUT2D eigenvalue weighted by Gasteiger charge is -2.34. The van der Waals surface area contributed by atoms with Crippen LogP contribution in [-0.4, -0.2) is 41.9 Å². The van der Waals surface area contributed by atoms with Crippen molar-refractivity contribution in [1.82, 2.24) is 9.80 Å². The molecule has 4 nitrogen and oxygen atoms in total. The highest BCUT2D eigenvalue weighted by atomic mass is 32.1. The van der Waals surface area contributed by atoms with Crippen LogP contribution >= 0.6 is 11.3 Å². The number of ether oxygens (including phenoxy) is 1. The van der Waals surface area contributed by atoms with Gasteiger partial charge in [-0.1, -0.05) is 42.0 Å². The Morgan fingerprint density at radius 3 is 2.31 bits per heavy atom. The van der Waals surface area contributed by atoms with E-state index >= 15 is 0 Å². The van der Waals surface area contributed by atoms with Crippen LogP contribution in [0.3, 0.4) is 0 Å². The van der Waals surface area contributed by atoms with E-state index in [0.29, 0.717) is 6.61 Å². The number of benzene rings is 2. The molecule has 32 heavy (non-hydrogen) atoms. The van der Waals surface area contributed by atoms with Crippen LogP contribution in [0.5, 0.6) is 5.75 Å². The van der Waals surface area contributed by atoms with Crippen molar-refractivity contribution in [2.24, 2.45) is 0 Å². The number of carbonyl (C=O) groups excluding carboxylic acids is 1. The fourth-order valence-corrected chi connectivity index (χ4v) is 5.27. The van der Waals surface area contributed by atoms with E-state index in [9.17, 15) is 4.79 Å². The lowest BCUT2D eigenvalue weighted by Crippen LogP contribution is -2.48. The molecule has 0 saturated carbocycles. The van der Waals surface area contributed by atoms with Gasteiger partial charge >= 0.3 is 0 Å².